The third-order valence-corrected chi connectivity index (χ3v) is 7.29. The van der Waals surface area contributed by atoms with Crippen molar-refractivity contribution in [3.05, 3.63) is 29.3 Å². The Kier molecular flexibility index (Phi) is 5.59. The van der Waals surface area contributed by atoms with E-state index in [1.54, 1.807) is 31.2 Å². The number of halogens is 1. The van der Waals surface area contributed by atoms with E-state index in [0.29, 0.717) is 22.3 Å². The second-order valence-corrected chi connectivity index (χ2v) is 10.1. The zero-order chi connectivity index (χ0) is 18.9. The van der Waals surface area contributed by atoms with Crippen LogP contribution in [0.25, 0.3) is 0 Å². The van der Waals surface area contributed by atoms with E-state index in [1.807, 2.05) is 0 Å². The van der Waals surface area contributed by atoms with Crippen LogP contribution in [0.3, 0.4) is 0 Å². The summed E-state index contributed by atoms with van der Waals surface area (Å²) >= 11 is 7.33. The smallest absolute Gasteiger partial charge is 0.254 e. The number of amidine groups is 1. The van der Waals surface area contributed by atoms with Gasteiger partial charge in [0.2, 0.25) is 5.91 Å². The Bertz CT molecular complexity index is 872. The minimum atomic E-state index is -3.06. The van der Waals surface area contributed by atoms with Crippen molar-refractivity contribution >= 4 is 55.9 Å². The van der Waals surface area contributed by atoms with E-state index in [2.05, 4.69) is 10.3 Å². The third-order valence-electron chi connectivity index (χ3n) is 4.11. The number of para-hydroxylation sites is 1. The summed E-state index contributed by atoms with van der Waals surface area (Å²) in [5.74, 6) is -0.421. The van der Waals surface area contributed by atoms with Crippen LogP contribution in [-0.2, 0) is 19.4 Å². The summed E-state index contributed by atoms with van der Waals surface area (Å²) in [5.41, 5.74) is 0.525. The maximum atomic E-state index is 12.4. The molecular formula is C16H18ClN3O4S2. The highest BCUT2D eigenvalue weighted by Gasteiger charge is 2.33. The molecule has 26 heavy (non-hydrogen) atoms. The van der Waals surface area contributed by atoms with E-state index >= 15 is 0 Å². The third kappa shape index (κ3) is 4.21. The first kappa shape index (κ1) is 19.2. The monoisotopic (exact) mass is 415 g/mol. The number of hydrogen-bond donors (Lipinski definition) is 1. The zero-order valence-electron chi connectivity index (χ0n) is 14.0. The first-order chi connectivity index (χ1) is 12.3. The Hall–Kier alpha value is -1.58. The van der Waals surface area contributed by atoms with Gasteiger partial charge in [0, 0.05) is 6.04 Å². The lowest BCUT2D eigenvalue weighted by Gasteiger charge is -2.21. The van der Waals surface area contributed by atoms with Gasteiger partial charge >= 0.3 is 0 Å². The lowest BCUT2D eigenvalue weighted by molar-refractivity contribution is -0.121. The van der Waals surface area contributed by atoms with Crippen molar-refractivity contribution in [2.24, 2.45) is 4.99 Å². The molecule has 10 heteroatoms. The maximum absolute atomic E-state index is 12.4. The van der Waals surface area contributed by atoms with Crippen LogP contribution in [-0.4, -0.2) is 54.7 Å². The Balaban J connectivity index is 1.66. The molecule has 0 aromatic heterocycles. The molecule has 0 bridgehead atoms. The van der Waals surface area contributed by atoms with Gasteiger partial charge in [0.15, 0.2) is 15.0 Å². The number of anilines is 1. The van der Waals surface area contributed by atoms with Gasteiger partial charge in [-0.25, -0.2) is 8.42 Å². The fourth-order valence-electron chi connectivity index (χ4n) is 2.78. The molecular weight excluding hydrogens is 398 g/mol. The van der Waals surface area contributed by atoms with Gasteiger partial charge in [-0.05, 0) is 25.5 Å². The molecule has 1 aromatic rings. The predicted molar refractivity (Wildman–Crippen MR) is 103 cm³/mol. The zero-order valence-corrected chi connectivity index (χ0v) is 16.4. The highest BCUT2D eigenvalue weighted by molar-refractivity contribution is 8.15. The fourth-order valence-corrected chi connectivity index (χ4v) is 5.61. The van der Waals surface area contributed by atoms with Crippen LogP contribution >= 0.6 is 23.4 Å². The molecule has 0 radical (unpaired) electrons. The Morgan fingerprint density at radius 1 is 1.42 bits per heavy atom. The molecule has 2 atom stereocenters. The second-order valence-electron chi connectivity index (χ2n) is 6.15. The molecule has 1 saturated heterocycles. The number of carbonyl (C=O) groups excluding carboxylic acids is 2. The standard InChI is InChI=1S/C16H18ClN3O4S2/c1-10(15(22)19-11-6-7-26(23,24)9-11)25-16-18-8-14(21)20(16)13-5-3-2-4-12(13)17/h2-5,10-11H,6-9H2,1H3,(H,19,22)/t10-,11-/m1/s1. The van der Waals surface area contributed by atoms with Crippen molar-refractivity contribution in [1.29, 1.82) is 0 Å². The average molecular weight is 416 g/mol. The van der Waals surface area contributed by atoms with Crippen LogP contribution in [0.4, 0.5) is 5.69 Å². The number of nitrogens with zero attached hydrogens (tertiary/aromatic N) is 2. The summed E-state index contributed by atoms with van der Waals surface area (Å²) in [6.07, 6.45) is 0.427. The first-order valence-electron chi connectivity index (χ1n) is 8.06. The Morgan fingerprint density at radius 2 is 2.15 bits per heavy atom. The predicted octanol–water partition coefficient (Wildman–Crippen LogP) is 1.47. The normalized spacial score (nSPS) is 23.0. The topological polar surface area (TPSA) is 95.9 Å². The van der Waals surface area contributed by atoms with E-state index in [-0.39, 0.29) is 35.9 Å². The van der Waals surface area contributed by atoms with Crippen molar-refractivity contribution < 1.29 is 18.0 Å². The summed E-state index contributed by atoms with van der Waals surface area (Å²) in [4.78, 5) is 30.2. The van der Waals surface area contributed by atoms with Gasteiger partial charge in [0.05, 0.1) is 27.5 Å². The highest BCUT2D eigenvalue weighted by atomic mass is 35.5. The second kappa shape index (κ2) is 7.58. The van der Waals surface area contributed by atoms with E-state index in [0.717, 1.165) is 11.8 Å². The van der Waals surface area contributed by atoms with E-state index < -0.39 is 15.1 Å². The molecule has 1 aromatic carbocycles. The van der Waals surface area contributed by atoms with Crippen molar-refractivity contribution in [2.45, 2.75) is 24.6 Å². The van der Waals surface area contributed by atoms with Gasteiger partial charge < -0.3 is 5.32 Å². The van der Waals surface area contributed by atoms with Crippen molar-refractivity contribution in [3.8, 4) is 0 Å². The maximum Gasteiger partial charge on any atom is 0.254 e. The molecule has 2 amide bonds. The molecule has 0 unspecified atom stereocenters. The molecule has 2 heterocycles. The number of aliphatic imine (C=N–C) groups is 1. The number of carbonyl (C=O) groups is 2. The summed E-state index contributed by atoms with van der Waals surface area (Å²) in [6, 6.07) is 6.58. The molecule has 2 aliphatic rings. The number of hydrogen-bond acceptors (Lipinski definition) is 6. The molecule has 140 valence electrons. The van der Waals surface area contributed by atoms with Crippen LogP contribution in [0.1, 0.15) is 13.3 Å². The number of nitrogens with one attached hydrogen (secondary N) is 1. The highest BCUT2D eigenvalue weighted by Crippen LogP contribution is 2.31. The molecule has 3 rings (SSSR count). The van der Waals surface area contributed by atoms with Gasteiger partial charge in [0.1, 0.15) is 6.54 Å². The first-order valence-corrected chi connectivity index (χ1v) is 11.1. The van der Waals surface area contributed by atoms with Crippen LogP contribution in [0, 0.1) is 0 Å². The molecule has 7 nitrogen and oxygen atoms in total. The van der Waals surface area contributed by atoms with Crippen LogP contribution in [0.15, 0.2) is 29.3 Å². The molecule has 1 fully saturated rings. The Labute approximate surface area is 161 Å². The number of benzene rings is 1. The number of sulfone groups is 1. The van der Waals surface area contributed by atoms with Crippen molar-refractivity contribution in [2.75, 3.05) is 23.0 Å². The van der Waals surface area contributed by atoms with Crippen molar-refractivity contribution in [3.63, 3.8) is 0 Å². The summed E-state index contributed by atoms with van der Waals surface area (Å²) in [5, 5.41) is 3.06. The van der Waals surface area contributed by atoms with Gasteiger partial charge in [-0.2, -0.15) is 0 Å². The van der Waals surface area contributed by atoms with Crippen LogP contribution in [0.5, 0.6) is 0 Å². The molecule has 1 N–H and O–H groups in total. The van der Waals surface area contributed by atoms with Gasteiger partial charge in [0.25, 0.3) is 5.91 Å². The molecule has 0 aliphatic carbocycles. The SMILES string of the molecule is C[C@@H](SC1=NCC(=O)N1c1ccccc1Cl)C(=O)N[C@@H]1CCS(=O)(=O)C1. The lowest BCUT2D eigenvalue weighted by Crippen LogP contribution is -2.41. The van der Waals surface area contributed by atoms with E-state index in [1.165, 1.54) is 4.90 Å². The summed E-state index contributed by atoms with van der Waals surface area (Å²) in [6.45, 7) is 1.70. The van der Waals surface area contributed by atoms with Gasteiger partial charge in [-0.1, -0.05) is 35.5 Å². The summed E-state index contributed by atoms with van der Waals surface area (Å²) < 4.78 is 23.0. The van der Waals surface area contributed by atoms with Gasteiger partial charge in [-0.3, -0.25) is 19.5 Å². The quantitative estimate of drug-likeness (QED) is 0.803. The molecule has 0 saturated carbocycles. The van der Waals surface area contributed by atoms with E-state index in [9.17, 15) is 18.0 Å². The lowest BCUT2D eigenvalue weighted by atomic mass is 10.2. The van der Waals surface area contributed by atoms with Gasteiger partial charge in [-0.15, -0.1) is 0 Å². The average Bonchev–Trinajstić information content (AvgIpc) is 3.10. The molecule has 2 aliphatic heterocycles. The minimum Gasteiger partial charge on any atom is -0.351 e. The number of rotatable bonds is 4. The molecule has 0 spiro atoms. The Morgan fingerprint density at radius 3 is 2.81 bits per heavy atom. The largest absolute Gasteiger partial charge is 0.351 e. The fraction of sp³-hybridized carbons (Fsp3) is 0.438. The number of amides is 2. The number of thioether (sulfide) groups is 1. The minimum absolute atomic E-state index is 0.00274. The summed E-state index contributed by atoms with van der Waals surface area (Å²) in [7, 11) is -3.06. The van der Waals surface area contributed by atoms with Crippen molar-refractivity contribution in [1.82, 2.24) is 5.32 Å². The van der Waals surface area contributed by atoms with Crippen LogP contribution in [0.2, 0.25) is 5.02 Å². The van der Waals surface area contributed by atoms with Crippen LogP contribution < -0.4 is 10.2 Å². The van der Waals surface area contributed by atoms with E-state index in [4.69, 9.17) is 11.6 Å².